The van der Waals surface area contributed by atoms with Crippen LogP contribution in [0.15, 0.2) is 24.3 Å². The average Bonchev–Trinajstić information content (AvgIpc) is 2.42. The van der Waals surface area contributed by atoms with Gasteiger partial charge in [0.2, 0.25) is 5.91 Å². The summed E-state index contributed by atoms with van der Waals surface area (Å²) in [5.41, 5.74) is 0.434. The largest absolute Gasteiger partial charge is 0.497 e. The summed E-state index contributed by atoms with van der Waals surface area (Å²) < 4.78 is 4.96. The molecule has 1 aromatic rings. The molecule has 6 heteroatoms. The topological polar surface area (TPSA) is 91.2 Å². The molecule has 2 N–H and O–H groups in total. The molecule has 1 rings (SSSR count). The summed E-state index contributed by atoms with van der Waals surface area (Å²) in [5, 5.41) is 13.0. The molecule has 0 bridgehead atoms. The Bertz CT molecular complexity index is 462. The van der Waals surface area contributed by atoms with Crippen LogP contribution in [0.2, 0.25) is 0 Å². The number of nitrogens with one attached hydrogen (secondary N) is 2. The monoisotopic (exact) mass is 247 g/mol. The highest BCUT2D eigenvalue weighted by molar-refractivity contribution is 5.96. The third-order valence-corrected chi connectivity index (χ3v) is 2.13. The third kappa shape index (κ3) is 4.14. The summed E-state index contributed by atoms with van der Waals surface area (Å²) in [6, 6.07) is 8.28. The quantitative estimate of drug-likeness (QED) is 0.720. The van der Waals surface area contributed by atoms with Crippen molar-refractivity contribution in [2.75, 3.05) is 20.2 Å². The van der Waals surface area contributed by atoms with Gasteiger partial charge in [-0.05, 0) is 24.3 Å². The molecule has 18 heavy (non-hydrogen) atoms. The van der Waals surface area contributed by atoms with Gasteiger partial charge in [0.15, 0.2) is 0 Å². The van der Waals surface area contributed by atoms with Gasteiger partial charge in [-0.3, -0.25) is 9.59 Å². The van der Waals surface area contributed by atoms with Crippen LogP contribution in [0.1, 0.15) is 10.4 Å². The maximum absolute atomic E-state index is 11.6. The second kappa shape index (κ2) is 6.91. The molecule has 0 atom stereocenters. The number of hydrogen-bond donors (Lipinski definition) is 2. The van der Waals surface area contributed by atoms with Crippen LogP contribution in [0.5, 0.6) is 5.75 Å². The van der Waals surface area contributed by atoms with Crippen LogP contribution in [0, 0.1) is 11.3 Å². The fourth-order valence-corrected chi connectivity index (χ4v) is 1.21. The molecular weight excluding hydrogens is 234 g/mol. The van der Waals surface area contributed by atoms with E-state index in [2.05, 4.69) is 10.6 Å². The van der Waals surface area contributed by atoms with Crippen LogP contribution in [-0.4, -0.2) is 32.0 Å². The average molecular weight is 247 g/mol. The number of hydrogen-bond acceptors (Lipinski definition) is 4. The summed E-state index contributed by atoms with van der Waals surface area (Å²) in [4.78, 5) is 22.8. The molecule has 94 valence electrons. The van der Waals surface area contributed by atoms with E-state index in [0.29, 0.717) is 11.3 Å². The first kappa shape index (κ1) is 13.5. The molecule has 0 heterocycles. The Morgan fingerprint density at radius 2 is 1.94 bits per heavy atom. The van der Waals surface area contributed by atoms with Gasteiger partial charge in [-0.2, -0.15) is 5.26 Å². The summed E-state index contributed by atoms with van der Waals surface area (Å²) in [6.45, 7) is -0.232. The Hall–Kier alpha value is -2.55. The van der Waals surface area contributed by atoms with Crippen LogP contribution in [0.3, 0.4) is 0 Å². The van der Waals surface area contributed by atoms with E-state index < -0.39 is 5.91 Å². The number of carbonyl (C=O) groups excluding carboxylic acids is 2. The maximum Gasteiger partial charge on any atom is 0.251 e. The van der Waals surface area contributed by atoms with Gasteiger partial charge in [0, 0.05) is 5.56 Å². The number of nitrogens with zero attached hydrogens (tertiary/aromatic N) is 1. The highest BCUT2D eigenvalue weighted by Gasteiger charge is 2.07. The van der Waals surface area contributed by atoms with E-state index >= 15 is 0 Å². The van der Waals surface area contributed by atoms with E-state index in [1.807, 2.05) is 0 Å². The van der Waals surface area contributed by atoms with Crippen molar-refractivity contribution in [3.8, 4) is 11.8 Å². The molecule has 0 aliphatic carbocycles. The molecule has 0 unspecified atom stereocenters. The molecular formula is C12H13N3O3. The van der Waals surface area contributed by atoms with Gasteiger partial charge in [-0.15, -0.1) is 0 Å². The van der Waals surface area contributed by atoms with Crippen molar-refractivity contribution in [3.05, 3.63) is 29.8 Å². The van der Waals surface area contributed by atoms with Gasteiger partial charge in [0.25, 0.3) is 5.91 Å². The smallest absolute Gasteiger partial charge is 0.251 e. The van der Waals surface area contributed by atoms with Gasteiger partial charge >= 0.3 is 0 Å². The Balaban J connectivity index is 2.45. The molecule has 0 aliphatic heterocycles. The van der Waals surface area contributed by atoms with E-state index in [1.165, 1.54) is 7.11 Å². The second-order valence-electron chi connectivity index (χ2n) is 3.35. The van der Waals surface area contributed by atoms with Crippen molar-refractivity contribution in [3.63, 3.8) is 0 Å². The molecule has 1 aromatic carbocycles. The molecule has 6 nitrogen and oxygen atoms in total. The van der Waals surface area contributed by atoms with Gasteiger partial charge in [-0.25, -0.2) is 0 Å². The Labute approximate surface area is 105 Å². The lowest BCUT2D eigenvalue weighted by atomic mass is 10.2. The van der Waals surface area contributed by atoms with Crippen LogP contribution >= 0.6 is 0 Å². The third-order valence-electron chi connectivity index (χ3n) is 2.13. The van der Waals surface area contributed by atoms with Gasteiger partial charge in [-0.1, -0.05) is 0 Å². The summed E-state index contributed by atoms with van der Waals surface area (Å²) in [6.07, 6.45) is 0. The molecule has 2 amide bonds. The van der Waals surface area contributed by atoms with Crippen molar-refractivity contribution >= 4 is 11.8 Å². The molecule has 0 saturated carbocycles. The zero-order valence-corrected chi connectivity index (χ0v) is 9.90. The SMILES string of the molecule is COc1ccc(C(=O)NCC(=O)NCC#N)cc1. The fourth-order valence-electron chi connectivity index (χ4n) is 1.21. The molecule has 0 aliphatic rings. The molecule has 0 aromatic heterocycles. The standard InChI is InChI=1S/C12H13N3O3/c1-18-10-4-2-9(3-5-10)12(17)15-8-11(16)14-7-6-13/h2-5H,7-8H2,1H3,(H,14,16)(H,15,17). The number of rotatable bonds is 5. The van der Waals surface area contributed by atoms with Gasteiger partial charge in [0.1, 0.15) is 12.3 Å². The predicted molar refractivity (Wildman–Crippen MR) is 63.9 cm³/mol. The molecule has 0 spiro atoms. The van der Waals surface area contributed by atoms with E-state index in [-0.39, 0.29) is 19.0 Å². The van der Waals surface area contributed by atoms with Crippen LogP contribution in [-0.2, 0) is 4.79 Å². The van der Waals surface area contributed by atoms with E-state index in [4.69, 9.17) is 10.00 Å². The summed E-state index contributed by atoms with van der Waals surface area (Å²) >= 11 is 0. The zero-order valence-electron chi connectivity index (χ0n) is 9.90. The minimum atomic E-state index is -0.404. The van der Waals surface area contributed by atoms with Crippen molar-refractivity contribution in [1.82, 2.24) is 10.6 Å². The van der Waals surface area contributed by atoms with Crippen molar-refractivity contribution in [2.45, 2.75) is 0 Å². The number of amides is 2. The summed E-state index contributed by atoms with van der Waals surface area (Å²) in [5.74, 6) is -0.110. The van der Waals surface area contributed by atoms with Crippen LogP contribution < -0.4 is 15.4 Å². The fraction of sp³-hybridized carbons (Fsp3) is 0.250. The first-order chi connectivity index (χ1) is 8.67. The summed E-state index contributed by atoms with van der Waals surface area (Å²) in [7, 11) is 1.54. The maximum atomic E-state index is 11.6. The number of ether oxygens (including phenoxy) is 1. The van der Waals surface area contributed by atoms with Crippen molar-refractivity contribution < 1.29 is 14.3 Å². The first-order valence-corrected chi connectivity index (χ1v) is 5.23. The number of nitriles is 1. The number of carbonyl (C=O) groups is 2. The van der Waals surface area contributed by atoms with Crippen LogP contribution in [0.4, 0.5) is 0 Å². The molecule has 0 saturated heterocycles. The van der Waals surface area contributed by atoms with E-state index in [9.17, 15) is 9.59 Å². The van der Waals surface area contributed by atoms with Crippen molar-refractivity contribution in [1.29, 1.82) is 5.26 Å². The van der Waals surface area contributed by atoms with Gasteiger partial charge in [0.05, 0.1) is 19.7 Å². The molecule has 0 fully saturated rings. The lowest BCUT2D eigenvalue weighted by Crippen LogP contribution is -2.37. The first-order valence-electron chi connectivity index (χ1n) is 5.23. The van der Waals surface area contributed by atoms with Crippen LogP contribution in [0.25, 0.3) is 0 Å². The highest BCUT2D eigenvalue weighted by atomic mass is 16.5. The lowest BCUT2D eigenvalue weighted by Gasteiger charge is -2.05. The number of methoxy groups -OCH3 is 1. The Kier molecular flexibility index (Phi) is 5.19. The predicted octanol–water partition coefficient (Wildman–Crippen LogP) is 0.0648. The van der Waals surface area contributed by atoms with E-state index in [1.54, 1.807) is 30.3 Å². The lowest BCUT2D eigenvalue weighted by molar-refractivity contribution is -0.119. The molecule has 0 radical (unpaired) electrons. The van der Waals surface area contributed by atoms with Gasteiger partial charge < -0.3 is 15.4 Å². The Morgan fingerprint density at radius 1 is 1.28 bits per heavy atom. The van der Waals surface area contributed by atoms with E-state index in [0.717, 1.165) is 0 Å². The number of benzene rings is 1. The minimum Gasteiger partial charge on any atom is -0.497 e. The van der Waals surface area contributed by atoms with Crippen molar-refractivity contribution in [2.24, 2.45) is 0 Å². The second-order valence-corrected chi connectivity index (χ2v) is 3.35. The highest BCUT2D eigenvalue weighted by Crippen LogP contribution is 2.10. The minimum absolute atomic E-state index is 0.0722. The normalized spacial score (nSPS) is 9.11. The Morgan fingerprint density at radius 3 is 2.50 bits per heavy atom. The zero-order chi connectivity index (χ0) is 13.4.